The van der Waals surface area contributed by atoms with Crippen LogP contribution in [-0.2, 0) is 11.2 Å². The normalized spacial score (nSPS) is 11.2. The molecule has 0 aliphatic carbocycles. The summed E-state index contributed by atoms with van der Waals surface area (Å²) >= 11 is 0. The van der Waals surface area contributed by atoms with E-state index in [1.54, 1.807) is 18.2 Å². The average molecular weight is 233 g/mol. The second-order valence-electron chi connectivity index (χ2n) is 3.56. The van der Waals surface area contributed by atoms with E-state index in [1.807, 2.05) is 19.1 Å². The van der Waals surface area contributed by atoms with Crippen LogP contribution in [0.5, 0.6) is 0 Å². The standard InChI is InChI=1S/C14H16FNO/c1-2-3-4-8-14(17)16-10-9-12-6-5-7-13(15)11-12/h2-8,11H,9-10H2,1H3,(H,16,17)/b3-2+,8-4+. The Morgan fingerprint density at radius 3 is 2.94 bits per heavy atom. The van der Waals surface area contributed by atoms with Gasteiger partial charge in [0.2, 0.25) is 5.91 Å². The number of rotatable bonds is 5. The van der Waals surface area contributed by atoms with Crippen molar-refractivity contribution in [3.05, 3.63) is 60.0 Å². The first-order chi connectivity index (χ1) is 8.22. The summed E-state index contributed by atoms with van der Waals surface area (Å²) in [7, 11) is 0. The number of nitrogens with one attached hydrogen (secondary N) is 1. The topological polar surface area (TPSA) is 29.1 Å². The maximum atomic E-state index is 12.9. The van der Waals surface area contributed by atoms with Gasteiger partial charge in [-0.3, -0.25) is 4.79 Å². The van der Waals surface area contributed by atoms with Crippen molar-refractivity contribution in [3.8, 4) is 0 Å². The van der Waals surface area contributed by atoms with Crippen molar-refractivity contribution in [1.82, 2.24) is 5.32 Å². The summed E-state index contributed by atoms with van der Waals surface area (Å²) in [5.41, 5.74) is 0.878. The van der Waals surface area contributed by atoms with Crippen LogP contribution in [0.15, 0.2) is 48.6 Å². The molecule has 2 nitrogen and oxygen atoms in total. The molecular formula is C14H16FNO. The predicted octanol–water partition coefficient (Wildman–Crippen LogP) is 2.62. The van der Waals surface area contributed by atoms with Gasteiger partial charge >= 0.3 is 0 Å². The van der Waals surface area contributed by atoms with Crippen molar-refractivity contribution in [2.45, 2.75) is 13.3 Å². The average Bonchev–Trinajstić information content (AvgIpc) is 2.29. The predicted molar refractivity (Wildman–Crippen MR) is 67.1 cm³/mol. The van der Waals surface area contributed by atoms with Crippen LogP contribution in [-0.4, -0.2) is 12.5 Å². The zero-order valence-corrected chi connectivity index (χ0v) is 9.82. The Morgan fingerprint density at radius 2 is 2.24 bits per heavy atom. The molecule has 0 aliphatic heterocycles. The highest BCUT2D eigenvalue weighted by Gasteiger charge is 1.97. The first kappa shape index (κ1) is 13.2. The summed E-state index contributed by atoms with van der Waals surface area (Å²) in [6.07, 6.45) is 7.40. The van der Waals surface area contributed by atoms with Crippen LogP contribution < -0.4 is 5.32 Å². The van der Waals surface area contributed by atoms with E-state index in [-0.39, 0.29) is 11.7 Å². The maximum Gasteiger partial charge on any atom is 0.243 e. The number of carbonyl (C=O) groups is 1. The zero-order chi connectivity index (χ0) is 12.5. The molecule has 1 aromatic rings. The SMILES string of the molecule is C/C=C/C=C/C(=O)NCCc1cccc(F)c1. The second-order valence-corrected chi connectivity index (χ2v) is 3.56. The smallest absolute Gasteiger partial charge is 0.243 e. The van der Waals surface area contributed by atoms with Gasteiger partial charge in [0, 0.05) is 12.6 Å². The molecule has 0 fully saturated rings. The first-order valence-electron chi connectivity index (χ1n) is 5.54. The van der Waals surface area contributed by atoms with Gasteiger partial charge in [0.05, 0.1) is 0 Å². The van der Waals surface area contributed by atoms with Gasteiger partial charge in [0.25, 0.3) is 0 Å². The van der Waals surface area contributed by atoms with E-state index in [1.165, 1.54) is 18.2 Å². The zero-order valence-electron chi connectivity index (χ0n) is 9.82. The third-order valence-corrected chi connectivity index (χ3v) is 2.15. The molecule has 1 N–H and O–H groups in total. The Kier molecular flexibility index (Phi) is 5.72. The second kappa shape index (κ2) is 7.39. The van der Waals surface area contributed by atoms with Gasteiger partial charge in [-0.25, -0.2) is 4.39 Å². The van der Waals surface area contributed by atoms with Crippen molar-refractivity contribution < 1.29 is 9.18 Å². The molecule has 1 amide bonds. The van der Waals surface area contributed by atoms with Gasteiger partial charge < -0.3 is 5.32 Å². The number of hydrogen-bond acceptors (Lipinski definition) is 1. The molecule has 90 valence electrons. The number of benzene rings is 1. The number of carbonyl (C=O) groups excluding carboxylic acids is 1. The third-order valence-electron chi connectivity index (χ3n) is 2.15. The fourth-order valence-corrected chi connectivity index (χ4v) is 1.34. The molecule has 17 heavy (non-hydrogen) atoms. The molecule has 0 saturated carbocycles. The van der Waals surface area contributed by atoms with Crippen LogP contribution in [0.1, 0.15) is 12.5 Å². The Bertz CT molecular complexity index is 424. The molecular weight excluding hydrogens is 217 g/mol. The summed E-state index contributed by atoms with van der Waals surface area (Å²) in [6, 6.07) is 6.38. The number of allylic oxidation sites excluding steroid dienone is 3. The molecule has 0 unspecified atom stereocenters. The van der Waals surface area contributed by atoms with Crippen molar-refractivity contribution in [2.75, 3.05) is 6.54 Å². The van der Waals surface area contributed by atoms with Crippen molar-refractivity contribution >= 4 is 5.91 Å². The molecule has 0 aliphatic rings. The Labute approximate surface area is 101 Å². The molecule has 0 heterocycles. The Morgan fingerprint density at radius 1 is 1.41 bits per heavy atom. The minimum atomic E-state index is -0.248. The highest BCUT2D eigenvalue weighted by atomic mass is 19.1. The Hall–Kier alpha value is -1.90. The van der Waals surface area contributed by atoms with Gasteiger partial charge in [-0.15, -0.1) is 0 Å². The van der Waals surface area contributed by atoms with Crippen LogP contribution in [0.4, 0.5) is 4.39 Å². The van der Waals surface area contributed by atoms with Gasteiger partial charge in [-0.1, -0.05) is 30.4 Å². The lowest BCUT2D eigenvalue weighted by Crippen LogP contribution is -2.23. The fourth-order valence-electron chi connectivity index (χ4n) is 1.34. The lowest BCUT2D eigenvalue weighted by molar-refractivity contribution is -0.116. The highest BCUT2D eigenvalue weighted by Crippen LogP contribution is 2.03. The van der Waals surface area contributed by atoms with Gasteiger partial charge in [0.1, 0.15) is 5.82 Å². The van der Waals surface area contributed by atoms with Crippen LogP contribution in [0.25, 0.3) is 0 Å². The van der Waals surface area contributed by atoms with Crippen LogP contribution in [0.3, 0.4) is 0 Å². The van der Waals surface area contributed by atoms with Gasteiger partial charge in [-0.2, -0.15) is 0 Å². The lowest BCUT2D eigenvalue weighted by atomic mass is 10.1. The molecule has 3 heteroatoms. The van der Waals surface area contributed by atoms with Gasteiger partial charge in [0.15, 0.2) is 0 Å². The summed E-state index contributed by atoms with van der Waals surface area (Å²) in [6.45, 7) is 2.38. The maximum absolute atomic E-state index is 12.9. The highest BCUT2D eigenvalue weighted by molar-refractivity contribution is 5.87. The first-order valence-corrected chi connectivity index (χ1v) is 5.54. The summed E-state index contributed by atoms with van der Waals surface area (Å²) in [5, 5.41) is 2.73. The quantitative estimate of drug-likeness (QED) is 0.614. The minimum Gasteiger partial charge on any atom is -0.352 e. The van der Waals surface area contributed by atoms with E-state index in [0.717, 1.165) is 5.56 Å². The van der Waals surface area contributed by atoms with Crippen molar-refractivity contribution in [3.63, 3.8) is 0 Å². The largest absolute Gasteiger partial charge is 0.352 e. The molecule has 0 bridgehead atoms. The van der Waals surface area contributed by atoms with Crippen molar-refractivity contribution in [2.24, 2.45) is 0 Å². The summed E-state index contributed by atoms with van der Waals surface area (Å²) in [4.78, 5) is 11.3. The van der Waals surface area contributed by atoms with E-state index in [0.29, 0.717) is 13.0 Å². The van der Waals surface area contributed by atoms with Crippen molar-refractivity contribution in [1.29, 1.82) is 0 Å². The van der Waals surface area contributed by atoms with E-state index in [4.69, 9.17) is 0 Å². The summed E-state index contributed by atoms with van der Waals surface area (Å²) < 4.78 is 12.9. The summed E-state index contributed by atoms with van der Waals surface area (Å²) in [5.74, 6) is -0.388. The minimum absolute atomic E-state index is 0.139. The molecule has 0 spiro atoms. The van der Waals surface area contributed by atoms with Crippen LogP contribution in [0, 0.1) is 5.82 Å². The van der Waals surface area contributed by atoms with E-state index in [9.17, 15) is 9.18 Å². The van der Waals surface area contributed by atoms with Crippen LogP contribution in [0.2, 0.25) is 0 Å². The molecule has 0 atom stereocenters. The third kappa shape index (κ3) is 5.66. The monoisotopic (exact) mass is 233 g/mol. The lowest BCUT2D eigenvalue weighted by Gasteiger charge is -2.02. The Balaban J connectivity index is 2.30. The molecule has 0 aromatic heterocycles. The number of hydrogen-bond donors (Lipinski definition) is 1. The fraction of sp³-hybridized carbons (Fsp3) is 0.214. The van der Waals surface area contributed by atoms with E-state index < -0.39 is 0 Å². The van der Waals surface area contributed by atoms with Gasteiger partial charge in [-0.05, 0) is 31.0 Å². The van der Waals surface area contributed by atoms with E-state index in [2.05, 4.69) is 5.32 Å². The van der Waals surface area contributed by atoms with E-state index >= 15 is 0 Å². The van der Waals surface area contributed by atoms with Crippen LogP contribution >= 0.6 is 0 Å². The number of halogens is 1. The number of amides is 1. The molecule has 0 radical (unpaired) electrons. The molecule has 1 rings (SSSR count). The molecule has 1 aromatic carbocycles. The molecule has 0 saturated heterocycles.